The summed E-state index contributed by atoms with van der Waals surface area (Å²) >= 11 is 0. The number of nitrogens with zero attached hydrogens (tertiary/aromatic N) is 1. The van der Waals surface area contributed by atoms with E-state index in [2.05, 4.69) is 0 Å². The summed E-state index contributed by atoms with van der Waals surface area (Å²) in [7, 11) is 0. The van der Waals surface area contributed by atoms with Crippen molar-refractivity contribution in [3.8, 4) is 5.75 Å². The van der Waals surface area contributed by atoms with Gasteiger partial charge in [-0.15, -0.1) is 0 Å². The molecule has 1 aliphatic heterocycles. The maximum Gasteiger partial charge on any atom is 0.222 e. The zero-order valence-electron chi connectivity index (χ0n) is 16.4. The van der Waals surface area contributed by atoms with Gasteiger partial charge in [0.2, 0.25) is 5.91 Å². The molecule has 0 unspecified atom stereocenters. The minimum atomic E-state index is -0.206. The fourth-order valence-corrected chi connectivity index (χ4v) is 3.45. The fraction of sp³-hybridized carbons (Fsp3) is 0.435. The molecule has 4 nitrogen and oxygen atoms in total. The molecule has 1 heterocycles. The Labute approximate surface area is 166 Å². The number of benzene rings is 2. The molecule has 1 amide bonds. The van der Waals surface area contributed by atoms with Gasteiger partial charge in [0.1, 0.15) is 11.6 Å². The summed E-state index contributed by atoms with van der Waals surface area (Å²) in [5, 5.41) is 0. The molecule has 2 aromatic carbocycles. The molecular formula is C23H28FNO3. The molecule has 0 bridgehead atoms. The number of hydrogen-bond donors (Lipinski definition) is 0. The fourth-order valence-electron chi connectivity index (χ4n) is 3.45. The molecule has 1 aliphatic rings. The highest BCUT2D eigenvalue weighted by molar-refractivity contribution is 5.75. The quantitative estimate of drug-likeness (QED) is 0.644. The maximum atomic E-state index is 13.7. The van der Waals surface area contributed by atoms with Crippen LogP contribution in [0.25, 0.3) is 0 Å². The molecule has 0 radical (unpaired) electrons. The van der Waals surface area contributed by atoms with Gasteiger partial charge in [-0.25, -0.2) is 4.39 Å². The minimum absolute atomic E-state index is 0.126. The topological polar surface area (TPSA) is 38.8 Å². The Morgan fingerprint density at radius 1 is 1.25 bits per heavy atom. The van der Waals surface area contributed by atoms with Crippen molar-refractivity contribution >= 4 is 5.91 Å². The van der Waals surface area contributed by atoms with E-state index < -0.39 is 0 Å². The smallest absolute Gasteiger partial charge is 0.222 e. The van der Waals surface area contributed by atoms with E-state index >= 15 is 0 Å². The van der Waals surface area contributed by atoms with Crippen molar-refractivity contribution in [2.45, 2.75) is 45.3 Å². The summed E-state index contributed by atoms with van der Waals surface area (Å²) in [6.45, 7) is 4.23. The lowest BCUT2D eigenvalue weighted by Crippen LogP contribution is -2.36. The molecule has 0 aromatic heterocycles. The summed E-state index contributed by atoms with van der Waals surface area (Å²) in [6, 6.07) is 14.5. The summed E-state index contributed by atoms with van der Waals surface area (Å²) < 4.78 is 25.2. The summed E-state index contributed by atoms with van der Waals surface area (Å²) in [5.41, 5.74) is 1.66. The number of halogens is 1. The van der Waals surface area contributed by atoms with Gasteiger partial charge < -0.3 is 14.4 Å². The first-order valence-corrected chi connectivity index (χ1v) is 10.00. The van der Waals surface area contributed by atoms with Crippen LogP contribution in [0, 0.1) is 5.82 Å². The standard InChI is InChI=1S/C23H28FNO3/c1-2-23(26)25(17-21-10-6-13-27-21)16-18-7-5-9-20(15-18)28-14-12-19-8-3-4-11-22(19)24/h3-5,7-9,11,15,21H,2,6,10,12-14,16-17H2,1H3/t21-/m1/s1. The summed E-state index contributed by atoms with van der Waals surface area (Å²) in [6.07, 6.45) is 3.19. The maximum absolute atomic E-state index is 13.7. The van der Waals surface area contributed by atoms with Gasteiger partial charge in [-0.2, -0.15) is 0 Å². The van der Waals surface area contributed by atoms with Gasteiger partial charge in [0.05, 0.1) is 12.7 Å². The number of hydrogen-bond acceptors (Lipinski definition) is 3. The Kier molecular flexibility index (Phi) is 7.43. The van der Waals surface area contributed by atoms with Crippen molar-refractivity contribution in [1.82, 2.24) is 4.90 Å². The predicted octanol–water partition coefficient (Wildman–Crippen LogP) is 4.36. The Hall–Kier alpha value is -2.40. The van der Waals surface area contributed by atoms with E-state index in [4.69, 9.17) is 9.47 Å². The number of carbonyl (C=O) groups is 1. The van der Waals surface area contributed by atoms with Crippen molar-refractivity contribution < 1.29 is 18.7 Å². The largest absolute Gasteiger partial charge is 0.493 e. The Morgan fingerprint density at radius 2 is 2.11 bits per heavy atom. The first-order valence-electron chi connectivity index (χ1n) is 10.00. The van der Waals surface area contributed by atoms with Gasteiger partial charge in [0, 0.05) is 32.5 Å². The number of ether oxygens (including phenoxy) is 2. The molecule has 5 heteroatoms. The van der Waals surface area contributed by atoms with Crippen molar-refractivity contribution in [1.29, 1.82) is 0 Å². The number of rotatable bonds is 9. The Morgan fingerprint density at radius 3 is 2.86 bits per heavy atom. The first kappa shape index (κ1) is 20.3. The van der Waals surface area contributed by atoms with Crippen molar-refractivity contribution in [2.24, 2.45) is 0 Å². The van der Waals surface area contributed by atoms with E-state index in [1.54, 1.807) is 12.1 Å². The van der Waals surface area contributed by atoms with Crippen LogP contribution < -0.4 is 4.74 Å². The van der Waals surface area contributed by atoms with Crippen LogP contribution in [0.3, 0.4) is 0 Å². The third-order valence-corrected chi connectivity index (χ3v) is 4.97. The van der Waals surface area contributed by atoms with E-state index in [-0.39, 0.29) is 17.8 Å². The van der Waals surface area contributed by atoms with Gasteiger partial charge in [0.25, 0.3) is 0 Å². The second-order valence-corrected chi connectivity index (χ2v) is 7.10. The molecule has 0 saturated carbocycles. The highest BCUT2D eigenvalue weighted by Crippen LogP contribution is 2.19. The molecule has 0 spiro atoms. The lowest BCUT2D eigenvalue weighted by Gasteiger charge is -2.25. The van der Waals surface area contributed by atoms with Crippen LogP contribution in [0.4, 0.5) is 4.39 Å². The van der Waals surface area contributed by atoms with E-state index in [1.165, 1.54) is 6.07 Å². The van der Waals surface area contributed by atoms with Gasteiger partial charge in [-0.1, -0.05) is 37.3 Å². The lowest BCUT2D eigenvalue weighted by atomic mass is 10.1. The van der Waals surface area contributed by atoms with Gasteiger partial charge in [-0.3, -0.25) is 4.79 Å². The monoisotopic (exact) mass is 385 g/mol. The average Bonchev–Trinajstić information content (AvgIpc) is 3.22. The Bertz CT molecular complexity index is 774. The van der Waals surface area contributed by atoms with Crippen LogP contribution >= 0.6 is 0 Å². The highest BCUT2D eigenvalue weighted by atomic mass is 19.1. The highest BCUT2D eigenvalue weighted by Gasteiger charge is 2.22. The lowest BCUT2D eigenvalue weighted by molar-refractivity contribution is -0.133. The van der Waals surface area contributed by atoms with Gasteiger partial charge >= 0.3 is 0 Å². The van der Waals surface area contributed by atoms with Crippen LogP contribution in [0.2, 0.25) is 0 Å². The van der Waals surface area contributed by atoms with Crippen LogP contribution in [0.5, 0.6) is 5.75 Å². The molecule has 0 aliphatic carbocycles. The van der Waals surface area contributed by atoms with E-state index in [1.807, 2.05) is 42.2 Å². The second kappa shape index (κ2) is 10.2. The van der Waals surface area contributed by atoms with Gasteiger partial charge in [-0.05, 0) is 42.2 Å². The minimum Gasteiger partial charge on any atom is -0.493 e. The third kappa shape index (κ3) is 5.80. The molecule has 1 atom stereocenters. The molecule has 28 heavy (non-hydrogen) atoms. The van der Waals surface area contributed by atoms with Crippen LogP contribution in [0.15, 0.2) is 48.5 Å². The molecule has 0 N–H and O–H groups in total. The van der Waals surface area contributed by atoms with E-state index in [9.17, 15) is 9.18 Å². The SMILES string of the molecule is CCC(=O)N(Cc1cccc(OCCc2ccccc2F)c1)C[C@H]1CCCO1. The van der Waals surface area contributed by atoms with Gasteiger partial charge in [0.15, 0.2) is 0 Å². The zero-order chi connectivity index (χ0) is 19.8. The number of carbonyl (C=O) groups excluding carboxylic acids is 1. The molecule has 1 saturated heterocycles. The second-order valence-electron chi connectivity index (χ2n) is 7.10. The van der Waals surface area contributed by atoms with Crippen molar-refractivity contribution in [2.75, 3.05) is 19.8 Å². The Balaban J connectivity index is 1.57. The van der Waals surface area contributed by atoms with Crippen LogP contribution in [-0.4, -0.2) is 36.7 Å². The third-order valence-electron chi connectivity index (χ3n) is 4.97. The summed E-state index contributed by atoms with van der Waals surface area (Å²) in [4.78, 5) is 14.2. The molecular weight excluding hydrogens is 357 g/mol. The molecule has 2 aromatic rings. The van der Waals surface area contributed by atoms with Crippen molar-refractivity contribution in [3.05, 3.63) is 65.5 Å². The zero-order valence-corrected chi connectivity index (χ0v) is 16.4. The first-order chi connectivity index (χ1) is 13.7. The molecule has 3 rings (SSSR count). The average molecular weight is 385 g/mol. The molecule has 1 fully saturated rings. The summed E-state index contributed by atoms with van der Waals surface area (Å²) in [5.74, 6) is 0.652. The number of amides is 1. The molecule has 150 valence electrons. The van der Waals surface area contributed by atoms with Crippen LogP contribution in [-0.2, 0) is 22.5 Å². The van der Waals surface area contributed by atoms with E-state index in [0.29, 0.717) is 38.1 Å². The normalized spacial score (nSPS) is 16.1. The predicted molar refractivity (Wildman–Crippen MR) is 107 cm³/mol. The van der Waals surface area contributed by atoms with E-state index in [0.717, 1.165) is 30.8 Å². The van der Waals surface area contributed by atoms with Crippen molar-refractivity contribution in [3.63, 3.8) is 0 Å². The van der Waals surface area contributed by atoms with Crippen LogP contribution in [0.1, 0.15) is 37.3 Å².